The zero-order valence-corrected chi connectivity index (χ0v) is 7.75. The third-order valence-corrected chi connectivity index (χ3v) is 1.85. The minimum atomic E-state index is 0.479. The summed E-state index contributed by atoms with van der Waals surface area (Å²) in [5.74, 6) is 1.94. The van der Waals surface area contributed by atoms with Gasteiger partial charge in [0, 0.05) is 13.0 Å². The second-order valence-corrected chi connectivity index (χ2v) is 2.74. The predicted octanol–water partition coefficient (Wildman–Crippen LogP) is 0.709. The Morgan fingerprint density at radius 1 is 1.25 bits per heavy atom. The van der Waals surface area contributed by atoms with E-state index in [-0.39, 0.29) is 0 Å². The van der Waals surface area contributed by atoms with E-state index in [9.17, 15) is 0 Å². The van der Waals surface area contributed by atoms with Gasteiger partial charge in [-0.3, -0.25) is 0 Å². The van der Waals surface area contributed by atoms with Crippen LogP contribution < -0.4 is 5.73 Å². The molecule has 0 saturated carbocycles. The van der Waals surface area contributed by atoms with E-state index in [0.29, 0.717) is 6.54 Å². The van der Waals surface area contributed by atoms with E-state index >= 15 is 0 Å². The molecule has 2 N–H and O–H groups in total. The molecule has 4 heteroatoms. The van der Waals surface area contributed by atoms with Crippen molar-refractivity contribution in [1.82, 2.24) is 14.8 Å². The van der Waals surface area contributed by atoms with Crippen LogP contribution in [0.15, 0.2) is 0 Å². The van der Waals surface area contributed by atoms with Gasteiger partial charge in [0.05, 0.1) is 6.54 Å². The number of aromatic nitrogens is 3. The highest BCUT2D eigenvalue weighted by Crippen LogP contribution is 2.03. The molecule has 0 aliphatic rings. The number of nitrogens with zero attached hydrogens (tertiary/aromatic N) is 3. The lowest BCUT2D eigenvalue weighted by molar-refractivity contribution is 0.612. The summed E-state index contributed by atoms with van der Waals surface area (Å²) in [5, 5.41) is 8.07. The third-order valence-electron chi connectivity index (χ3n) is 1.85. The molecule has 0 aromatic carbocycles. The molecular formula is C8H16N4. The number of rotatable bonds is 4. The van der Waals surface area contributed by atoms with Crippen molar-refractivity contribution in [3.05, 3.63) is 11.6 Å². The maximum atomic E-state index is 5.53. The van der Waals surface area contributed by atoms with Crippen molar-refractivity contribution in [3.63, 3.8) is 0 Å². The number of aryl methyl sites for hydroxylation is 1. The molecule has 0 saturated heterocycles. The summed E-state index contributed by atoms with van der Waals surface area (Å²) in [7, 11) is 0. The van der Waals surface area contributed by atoms with Gasteiger partial charge in [-0.1, -0.05) is 13.8 Å². The van der Waals surface area contributed by atoms with E-state index < -0.39 is 0 Å². The van der Waals surface area contributed by atoms with Crippen molar-refractivity contribution >= 4 is 0 Å². The predicted molar refractivity (Wildman–Crippen MR) is 47.6 cm³/mol. The first-order valence-corrected chi connectivity index (χ1v) is 4.44. The highest BCUT2D eigenvalue weighted by Gasteiger charge is 2.06. The van der Waals surface area contributed by atoms with Gasteiger partial charge < -0.3 is 10.3 Å². The summed E-state index contributed by atoms with van der Waals surface area (Å²) >= 11 is 0. The first-order chi connectivity index (χ1) is 5.83. The molecule has 0 radical (unpaired) electrons. The van der Waals surface area contributed by atoms with Crippen LogP contribution in [0, 0.1) is 0 Å². The lowest BCUT2D eigenvalue weighted by Crippen LogP contribution is -2.10. The second kappa shape index (κ2) is 4.21. The molecule has 0 unspecified atom stereocenters. The highest BCUT2D eigenvalue weighted by atomic mass is 15.3. The molecule has 0 bridgehead atoms. The fraction of sp³-hybridized carbons (Fsp3) is 0.750. The first kappa shape index (κ1) is 9.19. The van der Waals surface area contributed by atoms with Gasteiger partial charge in [-0.15, -0.1) is 10.2 Å². The zero-order valence-electron chi connectivity index (χ0n) is 7.75. The van der Waals surface area contributed by atoms with Crippen LogP contribution in [-0.4, -0.2) is 14.8 Å². The smallest absolute Gasteiger partial charge is 0.146 e. The Bertz CT molecular complexity index is 220. The number of nitrogens with two attached hydrogens (primary N) is 1. The van der Waals surface area contributed by atoms with E-state index in [1.54, 1.807) is 0 Å². The Kier molecular flexibility index (Phi) is 3.22. The SMILES string of the molecule is CCCn1c(CC)nnc1CN. The first-order valence-electron chi connectivity index (χ1n) is 4.44. The number of hydrogen-bond acceptors (Lipinski definition) is 3. The molecule has 1 heterocycles. The Morgan fingerprint density at radius 3 is 2.42 bits per heavy atom. The van der Waals surface area contributed by atoms with Crippen LogP contribution in [0.1, 0.15) is 31.9 Å². The van der Waals surface area contributed by atoms with Crippen LogP contribution in [0.3, 0.4) is 0 Å². The topological polar surface area (TPSA) is 56.7 Å². The van der Waals surface area contributed by atoms with Gasteiger partial charge in [-0.05, 0) is 6.42 Å². The molecule has 1 aromatic heterocycles. The van der Waals surface area contributed by atoms with Crippen molar-refractivity contribution in [3.8, 4) is 0 Å². The average Bonchev–Trinajstić information content (AvgIpc) is 2.48. The van der Waals surface area contributed by atoms with Crippen LogP contribution in [0.2, 0.25) is 0 Å². The van der Waals surface area contributed by atoms with Gasteiger partial charge in [0.2, 0.25) is 0 Å². The Hall–Kier alpha value is -0.900. The molecule has 0 amide bonds. The van der Waals surface area contributed by atoms with Crippen molar-refractivity contribution < 1.29 is 0 Å². The van der Waals surface area contributed by atoms with Gasteiger partial charge in [-0.2, -0.15) is 0 Å². The molecule has 68 valence electrons. The fourth-order valence-electron chi connectivity index (χ4n) is 1.27. The Labute approximate surface area is 72.8 Å². The molecule has 0 fully saturated rings. The molecule has 0 atom stereocenters. The molecule has 0 aliphatic carbocycles. The van der Waals surface area contributed by atoms with Crippen molar-refractivity contribution in [2.24, 2.45) is 5.73 Å². The Morgan fingerprint density at radius 2 is 1.92 bits per heavy atom. The summed E-state index contributed by atoms with van der Waals surface area (Å²) in [4.78, 5) is 0. The van der Waals surface area contributed by atoms with Crippen LogP contribution in [-0.2, 0) is 19.5 Å². The largest absolute Gasteiger partial charge is 0.324 e. The summed E-state index contributed by atoms with van der Waals surface area (Å²) in [6, 6.07) is 0. The maximum Gasteiger partial charge on any atom is 0.146 e. The third kappa shape index (κ3) is 1.64. The van der Waals surface area contributed by atoms with Gasteiger partial charge in [0.25, 0.3) is 0 Å². The van der Waals surface area contributed by atoms with Crippen LogP contribution >= 0.6 is 0 Å². The summed E-state index contributed by atoms with van der Waals surface area (Å²) < 4.78 is 2.11. The monoisotopic (exact) mass is 168 g/mol. The van der Waals surface area contributed by atoms with Crippen LogP contribution in [0.5, 0.6) is 0 Å². The molecule has 12 heavy (non-hydrogen) atoms. The van der Waals surface area contributed by atoms with E-state index in [2.05, 4.69) is 28.6 Å². The summed E-state index contributed by atoms with van der Waals surface area (Å²) in [6.07, 6.45) is 2.02. The van der Waals surface area contributed by atoms with Crippen molar-refractivity contribution in [2.45, 2.75) is 39.8 Å². The van der Waals surface area contributed by atoms with E-state index in [1.165, 1.54) is 0 Å². The lowest BCUT2D eigenvalue weighted by Gasteiger charge is -2.05. The lowest BCUT2D eigenvalue weighted by atomic mass is 10.4. The van der Waals surface area contributed by atoms with Gasteiger partial charge >= 0.3 is 0 Å². The zero-order chi connectivity index (χ0) is 8.97. The molecule has 1 aromatic rings. The van der Waals surface area contributed by atoms with Gasteiger partial charge in [-0.25, -0.2) is 0 Å². The normalized spacial score (nSPS) is 10.6. The van der Waals surface area contributed by atoms with Crippen LogP contribution in [0.4, 0.5) is 0 Å². The van der Waals surface area contributed by atoms with E-state index in [0.717, 1.165) is 31.0 Å². The van der Waals surface area contributed by atoms with E-state index in [4.69, 9.17) is 5.73 Å². The van der Waals surface area contributed by atoms with E-state index in [1.807, 2.05) is 0 Å². The fourth-order valence-corrected chi connectivity index (χ4v) is 1.27. The molecule has 1 rings (SSSR count). The standard InChI is InChI=1S/C8H16N4/c1-3-5-12-7(4-2)10-11-8(12)6-9/h3-6,9H2,1-2H3. The Balaban J connectivity index is 2.90. The van der Waals surface area contributed by atoms with Gasteiger partial charge in [0.15, 0.2) is 0 Å². The summed E-state index contributed by atoms with van der Waals surface area (Å²) in [6.45, 7) is 5.67. The van der Waals surface area contributed by atoms with Crippen LogP contribution in [0.25, 0.3) is 0 Å². The molecule has 0 aliphatic heterocycles. The summed E-state index contributed by atoms with van der Waals surface area (Å²) in [5.41, 5.74) is 5.53. The molecule has 4 nitrogen and oxygen atoms in total. The van der Waals surface area contributed by atoms with Crippen molar-refractivity contribution in [2.75, 3.05) is 0 Å². The number of hydrogen-bond donors (Lipinski definition) is 1. The molecular weight excluding hydrogens is 152 g/mol. The minimum absolute atomic E-state index is 0.479. The highest BCUT2D eigenvalue weighted by molar-refractivity contribution is 4.95. The minimum Gasteiger partial charge on any atom is -0.324 e. The van der Waals surface area contributed by atoms with Gasteiger partial charge in [0.1, 0.15) is 11.6 Å². The quantitative estimate of drug-likeness (QED) is 0.720. The molecule has 0 spiro atoms. The average molecular weight is 168 g/mol. The van der Waals surface area contributed by atoms with Crippen molar-refractivity contribution in [1.29, 1.82) is 0 Å². The second-order valence-electron chi connectivity index (χ2n) is 2.74. The maximum absolute atomic E-state index is 5.53.